The molecule has 0 saturated carbocycles. The summed E-state index contributed by atoms with van der Waals surface area (Å²) in [7, 11) is 1.71. The van der Waals surface area contributed by atoms with E-state index in [9.17, 15) is 4.79 Å². The number of likely N-dealkylation sites (tertiary alicyclic amines) is 1. The summed E-state index contributed by atoms with van der Waals surface area (Å²) >= 11 is 0. The lowest BCUT2D eigenvalue weighted by Gasteiger charge is -2.23. The van der Waals surface area contributed by atoms with Crippen molar-refractivity contribution in [3.63, 3.8) is 0 Å². The number of hydrogen-bond donors (Lipinski definition) is 1. The fourth-order valence-electron chi connectivity index (χ4n) is 2.81. The molecular weight excluding hydrogens is 280 g/mol. The van der Waals surface area contributed by atoms with Gasteiger partial charge in [0.2, 0.25) is 5.91 Å². The van der Waals surface area contributed by atoms with E-state index >= 15 is 0 Å². The van der Waals surface area contributed by atoms with Crippen LogP contribution in [0.25, 0.3) is 0 Å². The maximum Gasteiger partial charge on any atom is 0.237 e. The third-order valence-corrected chi connectivity index (χ3v) is 3.87. The van der Waals surface area contributed by atoms with E-state index in [0.717, 1.165) is 25.9 Å². The highest BCUT2D eigenvalue weighted by molar-refractivity contribution is 5.81. The molecule has 116 valence electrons. The van der Waals surface area contributed by atoms with Crippen molar-refractivity contribution in [1.82, 2.24) is 30.4 Å². The molecule has 7 nitrogen and oxygen atoms in total. The zero-order valence-electron chi connectivity index (χ0n) is 12.6. The highest BCUT2D eigenvalue weighted by Gasteiger charge is 2.30. The van der Waals surface area contributed by atoms with Crippen LogP contribution in [0.4, 0.5) is 0 Å². The minimum Gasteiger partial charge on any atom is -0.347 e. The van der Waals surface area contributed by atoms with Gasteiger partial charge in [0.25, 0.3) is 0 Å². The molecule has 2 heterocycles. The van der Waals surface area contributed by atoms with Crippen LogP contribution in [-0.4, -0.2) is 43.6 Å². The highest BCUT2D eigenvalue weighted by atomic mass is 16.2. The normalized spacial score (nSPS) is 18.5. The molecule has 1 aliphatic heterocycles. The monoisotopic (exact) mass is 300 g/mol. The standard InChI is InChI=1S/C15H20N6O/c1-20-18-14(17-19-20)10-16-15(22)13-8-5-9-21(13)11-12-6-3-2-4-7-12/h2-4,6-7,13H,5,8-11H2,1H3,(H,16,22)/t13-/m0/s1. The van der Waals surface area contributed by atoms with Crippen molar-refractivity contribution in [3.05, 3.63) is 41.7 Å². The Morgan fingerprint density at radius 3 is 2.91 bits per heavy atom. The first kappa shape index (κ1) is 14.6. The molecule has 0 unspecified atom stereocenters. The van der Waals surface area contributed by atoms with Gasteiger partial charge in [-0.1, -0.05) is 30.3 Å². The van der Waals surface area contributed by atoms with Crippen molar-refractivity contribution in [1.29, 1.82) is 0 Å². The number of tetrazole rings is 1. The summed E-state index contributed by atoms with van der Waals surface area (Å²) in [6, 6.07) is 10.2. The number of aryl methyl sites for hydroxylation is 1. The van der Waals surface area contributed by atoms with E-state index in [4.69, 9.17) is 0 Å². The van der Waals surface area contributed by atoms with Crippen molar-refractivity contribution in [3.8, 4) is 0 Å². The molecule has 0 radical (unpaired) electrons. The summed E-state index contributed by atoms with van der Waals surface area (Å²) in [6.45, 7) is 2.08. The number of carbonyl (C=O) groups is 1. The predicted octanol–water partition coefficient (Wildman–Crippen LogP) is 0.491. The Kier molecular flexibility index (Phi) is 4.43. The summed E-state index contributed by atoms with van der Waals surface area (Å²) in [5.74, 6) is 0.573. The largest absolute Gasteiger partial charge is 0.347 e. The Hall–Kier alpha value is -2.28. The summed E-state index contributed by atoms with van der Waals surface area (Å²) in [6.07, 6.45) is 1.95. The number of rotatable bonds is 5. The fourth-order valence-corrected chi connectivity index (χ4v) is 2.81. The van der Waals surface area contributed by atoms with Crippen LogP contribution in [0.15, 0.2) is 30.3 Å². The summed E-state index contributed by atoms with van der Waals surface area (Å²) in [4.78, 5) is 16.0. The Morgan fingerprint density at radius 2 is 2.18 bits per heavy atom. The molecule has 3 rings (SSSR count). The summed E-state index contributed by atoms with van der Waals surface area (Å²) < 4.78 is 0. The van der Waals surface area contributed by atoms with Gasteiger partial charge in [-0.15, -0.1) is 10.2 Å². The summed E-state index contributed by atoms with van der Waals surface area (Å²) in [5, 5.41) is 14.6. The van der Waals surface area contributed by atoms with E-state index in [2.05, 4.69) is 37.8 Å². The van der Waals surface area contributed by atoms with Crippen molar-refractivity contribution >= 4 is 5.91 Å². The lowest BCUT2D eigenvalue weighted by molar-refractivity contribution is -0.125. The number of nitrogens with zero attached hydrogens (tertiary/aromatic N) is 5. The van der Waals surface area contributed by atoms with Crippen LogP contribution in [-0.2, 0) is 24.9 Å². The molecule has 1 atom stereocenters. The third-order valence-electron chi connectivity index (χ3n) is 3.87. The van der Waals surface area contributed by atoms with E-state index < -0.39 is 0 Å². The quantitative estimate of drug-likeness (QED) is 0.870. The Morgan fingerprint density at radius 1 is 1.36 bits per heavy atom. The van der Waals surface area contributed by atoms with Crippen LogP contribution in [0.2, 0.25) is 0 Å². The van der Waals surface area contributed by atoms with Crippen LogP contribution in [0.5, 0.6) is 0 Å². The Balaban J connectivity index is 1.56. The van der Waals surface area contributed by atoms with Gasteiger partial charge in [0.05, 0.1) is 19.6 Å². The maximum atomic E-state index is 12.4. The summed E-state index contributed by atoms with van der Waals surface area (Å²) in [5.41, 5.74) is 1.23. The fraction of sp³-hybridized carbons (Fsp3) is 0.467. The lowest BCUT2D eigenvalue weighted by atomic mass is 10.1. The molecule has 1 fully saturated rings. The second-order valence-electron chi connectivity index (χ2n) is 5.53. The second kappa shape index (κ2) is 6.65. The van der Waals surface area contributed by atoms with E-state index in [1.807, 2.05) is 18.2 Å². The zero-order valence-corrected chi connectivity index (χ0v) is 12.6. The van der Waals surface area contributed by atoms with Crippen LogP contribution < -0.4 is 5.32 Å². The lowest BCUT2D eigenvalue weighted by Crippen LogP contribution is -2.42. The number of amides is 1. The topological polar surface area (TPSA) is 75.9 Å². The minimum absolute atomic E-state index is 0.0425. The van der Waals surface area contributed by atoms with Crippen molar-refractivity contribution in [2.24, 2.45) is 7.05 Å². The molecule has 1 saturated heterocycles. The Labute approximate surface area is 129 Å². The second-order valence-corrected chi connectivity index (χ2v) is 5.53. The van der Waals surface area contributed by atoms with E-state index in [1.54, 1.807) is 7.05 Å². The van der Waals surface area contributed by atoms with Crippen LogP contribution in [0, 0.1) is 0 Å². The van der Waals surface area contributed by atoms with Gasteiger partial charge < -0.3 is 5.32 Å². The van der Waals surface area contributed by atoms with Gasteiger partial charge in [0, 0.05) is 6.54 Å². The molecule has 2 aromatic rings. The zero-order chi connectivity index (χ0) is 15.4. The molecule has 1 aliphatic rings. The highest BCUT2D eigenvalue weighted by Crippen LogP contribution is 2.20. The van der Waals surface area contributed by atoms with Gasteiger partial charge in [-0.05, 0) is 30.2 Å². The molecule has 1 aromatic carbocycles. The third kappa shape index (κ3) is 3.48. The number of aromatic nitrogens is 4. The van der Waals surface area contributed by atoms with E-state index in [-0.39, 0.29) is 11.9 Å². The van der Waals surface area contributed by atoms with Crippen LogP contribution >= 0.6 is 0 Å². The van der Waals surface area contributed by atoms with Crippen molar-refractivity contribution in [2.45, 2.75) is 32.0 Å². The first-order valence-electron chi connectivity index (χ1n) is 7.51. The smallest absolute Gasteiger partial charge is 0.237 e. The molecule has 0 aliphatic carbocycles. The molecule has 1 amide bonds. The number of carbonyl (C=O) groups excluding carboxylic acids is 1. The molecule has 1 N–H and O–H groups in total. The first-order chi connectivity index (χ1) is 10.7. The molecular formula is C15H20N6O. The minimum atomic E-state index is -0.0723. The van der Waals surface area contributed by atoms with Crippen molar-refractivity contribution < 1.29 is 4.79 Å². The van der Waals surface area contributed by atoms with E-state index in [0.29, 0.717) is 12.4 Å². The molecule has 7 heteroatoms. The average molecular weight is 300 g/mol. The van der Waals surface area contributed by atoms with E-state index in [1.165, 1.54) is 10.4 Å². The van der Waals surface area contributed by atoms with Gasteiger partial charge in [0.1, 0.15) is 0 Å². The van der Waals surface area contributed by atoms with Crippen molar-refractivity contribution in [2.75, 3.05) is 6.54 Å². The number of hydrogen-bond acceptors (Lipinski definition) is 5. The average Bonchev–Trinajstić information content (AvgIpc) is 3.15. The molecule has 0 spiro atoms. The number of nitrogens with one attached hydrogen (secondary N) is 1. The van der Waals surface area contributed by atoms with Crippen LogP contribution in [0.1, 0.15) is 24.2 Å². The molecule has 1 aromatic heterocycles. The van der Waals surface area contributed by atoms with Gasteiger partial charge in [0.15, 0.2) is 5.82 Å². The van der Waals surface area contributed by atoms with Crippen LogP contribution in [0.3, 0.4) is 0 Å². The first-order valence-corrected chi connectivity index (χ1v) is 7.51. The number of benzene rings is 1. The SMILES string of the molecule is Cn1nnc(CNC(=O)[C@@H]2CCCN2Cc2ccccc2)n1. The molecule has 22 heavy (non-hydrogen) atoms. The van der Waals surface area contributed by atoms with Gasteiger partial charge in [-0.25, -0.2) is 0 Å². The predicted molar refractivity (Wildman–Crippen MR) is 80.5 cm³/mol. The maximum absolute atomic E-state index is 12.4. The Bertz CT molecular complexity index is 626. The van der Waals surface area contributed by atoms with Gasteiger partial charge in [-0.3, -0.25) is 9.69 Å². The van der Waals surface area contributed by atoms with Gasteiger partial charge >= 0.3 is 0 Å². The van der Waals surface area contributed by atoms with Gasteiger partial charge in [-0.2, -0.15) is 4.80 Å². The molecule has 0 bridgehead atoms.